The van der Waals surface area contributed by atoms with E-state index in [1.165, 1.54) is 19.2 Å². The van der Waals surface area contributed by atoms with Crippen molar-refractivity contribution < 1.29 is 22.7 Å². The number of nitrogens with one attached hydrogen (secondary N) is 2. The molecular formula is C29H30N4O5S. The van der Waals surface area contributed by atoms with Gasteiger partial charge in [-0.2, -0.15) is 9.82 Å². The third kappa shape index (κ3) is 6.42. The molecule has 0 aliphatic rings. The van der Waals surface area contributed by atoms with E-state index in [-0.39, 0.29) is 16.7 Å². The van der Waals surface area contributed by atoms with Gasteiger partial charge in [0.1, 0.15) is 6.04 Å². The lowest BCUT2D eigenvalue weighted by Crippen LogP contribution is -2.44. The van der Waals surface area contributed by atoms with Gasteiger partial charge in [0.15, 0.2) is 5.69 Å². The zero-order chi connectivity index (χ0) is 28.2. The zero-order valence-corrected chi connectivity index (χ0v) is 22.9. The number of rotatable bonds is 9. The third-order valence-electron chi connectivity index (χ3n) is 6.17. The highest BCUT2D eigenvalue weighted by atomic mass is 32.2. The number of amides is 1. The van der Waals surface area contributed by atoms with E-state index in [9.17, 15) is 18.0 Å². The van der Waals surface area contributed by atoms with Gasteiger partial charge in [0.05, 0.1) is 17.7 Å². The Labute approximate surface area is 227 Å². The number of ether oxygens (including phenoxy) is 1. The van der Waals surface area contributed by atoms with E-state index in [1.807, 2.05) is 49.4 Å². The lowest BCUT2D eigenvalue weighted by molar-refractivity contribution is -0.143. The molecule has 0 spiro atoms. The smallest absolute Gasteiger partial charge is 0.324 e. The van der Waals surface area contributed by atoms with Gasteiger partial charge in [-0.1, -0.05) is 56.3 Å². The number of esters is 1. The molecule has 0 bridgehead atoms. The Hall–Kier alpha value is -4.28. The fourth-order valence-corrected chi connectivity index (χ4v) is 5.34. The van der Waals surface area contributed by atoms with Crippen LogP contribution >= 0.6 is 0 Å². The fraction of sp³-hybridized carbons (Fsp3) is 0.207. The Morgan fingerprint density at radius 3 is 2.05 bits per heavy atom. The van der Waals surface area contributed by atoms with Crippen LogP contribution < -0.4 is 10.0 Å². The molecule has 9 nitrogen and oxygen atoms in total. The molecule has 202 valence electrons. The molecule has 1 amide bonds. The molecule has 4 rings (SSSR count). The summed E-state index contributed by atoms with van der Waals surface area (Å²) in [5.41, 5.74) is 4.24. The molecule has 0 aliphatic carbocycles. The van der Waals surface area contributed by atoms with Crippen molar-refractivity contribution in [1.29, 1.82) is 0 Å². The largest absolute Gasteiger partial charge is 0.468 e. The Bertz CT molecular complexity index is 1560. The Kier molecular flexibility index (Phi) is 8.27. The van der Waals surface area contributed by atoms with Crippen LogP contribution in [0.5, 0.6) is 0 Å². The van der Waals surface area contributed by atoms with Gasteiger partial charge in [0.2, 0.25) is 10.0 Å². The molecular weight excluding hydrogens is 516 g/mol. The van der Waals surface area contributed by atoms with Crippen molar-refractivity contribution >= 4 is 27.6 Å². The van der Waals surface area contributed by atoms with Crippen LogP contribution in [0, 0.1) is 12.8 Å². The van der Waals surface area contributed by atoms with Crippen molar-refractivity contribution in [1.82, 2.24) is 14.5 Å². The molecule has 0 aliphatic heterocycles. The van der Waals surface area contributed by atoms with E-state index < -0.39 is 22.0 Å². The molecule has 10 heteroatoms. The van der Waals surface area contributed by atoms with Gasteiger partial charge in [-0.15, -0.1) is 0 Å². The van der Waals surface area contributed by atoms with Gasteiger partial charge in [-0.3, -0.25) is 9.59 Å². The number of nitrogens with zero attached hydrogens (tertiary/aromatic N) is 2. The highest BCUT2D eigenvalue weighted by molar-refractivity contribution is 7.89. The summed E-state index contributed by atoms with van der Waals surface area (Å²) in [7, 11) is -2.71. The Balaban J connectivity index is 1.44. The van der Waals surface area contributed by atoms with Gasteiger partial charge in [-0.05, 0) is 66.4 Å². The first-order valence-electron chi connectivity index (χ1n) is 12.3. The molecule has 1 aromatic heterocycles. The minimum Gasteiger partial charge on any atom is -0.468 e. The molecule has 39 heavy (non-hydrogen) atoms. The summed E-state index contributed by atoms with van der Waals surface area (Å²) in [5, 5.41) is 7.29. The number of carbonyl (C=O) groups excluding carboxylic acids is 2. The number of aryl methyl sites for hydroxylation is 1. The maximum Gasteiger partial charge on any atom is 0.324 e. The van der Waals surface area contributed by atoms with Crippen molar-refractivity contribution in [2.24, 2.45) is 5.92 Å². The SMILES string of the molecule is COC(=O)[C@@H](NS(=O)(=O)c1ccc(-c2ccc(NC(=O)c3cc(C)n(-c4ccccc4)n3)cc2)cc1)C(C)C. The van der Waals surface area contributed by atoms with E-state index in [0.29, 0.717) is 11.4 Å². The maximum atomic E-state index is 12.8. The van der Waals surface area contributed by atoms with Gasteiger partial charge in [0.25, 0.3) is 5.91 Å². The number of anilines is 1. The molecule has 0 fully saturated rings. The van der Waals surface area contributed by atoms with Gasteiger partial charge in [-0.25, -0.2) is 13.1 Å². The average Bonchev–Trinajstić information content (AvgIpc) is 3.34. The van der Waals surface area contributed by atoms with Crippen molar-refractivity contribution in [3.8, 4) is 16.8 Å². The number of aromatic nitrogens is 2. The molecule has 0 radical (unpaired) electrons. The summed E-state index contributed by atoms with van der Waals surface area (Å²) >= 11 is 0. The molecule has 4 aromatic rings. The maximum absolute atomic E-state index is 12.8. The van der Waals surface area contributed by atoms with Gasteiger partial charge >= 0.3 is 5.97 Å². The van der Waals surface area contributed by atoms with Crippen LogP contribution in [0.3, 0.4) is 0 Å². The molecule has 0 unspecified atom stereocenters. The van der Waals surface area contributed by atoms with E-state index in [0.717, 1.165) is 22.5 Å². The molecule has 2 N–H and O–H groups in total. The van der Waals surface area contributed by atoms with Crippen molar-refractivity contribution in [2.45, 2.75) is 31.7 Å². The summed E-state index contributed by atoms with van der Waals surface area (Å²) in [5.74, 6) is -1.25. The second-order valence-corrected chi connectivity index (χ2v) is 11.1. The van der Waals surface area contributed by atoms with E-state index in [1.54, 1.807) is 48.9 Å². The third-order valence-corrected chi connectivity index (χ3v) is 7.62. The van der Waals surface area contributed by atoms with Crippen molar-refractivity contribution in [3.63, 3.8) is 0 Å². The van der Waals surface area contributed by atoms with Crippen LogP contribution in [0.25, 0.3) is 16.8 Å². The normalized spacial score (nSPS) is 12.2. The summed E-state index contributed by atoms with van der Waals surface area (Å²) in [4.78, 5) is 24.8. The number of hydrogen-bond acceptors (Lipinski definition) is 6. The first kappa shape index (κ1) is 27.7. The fourth-order valence-electron chi connectivity index (χ4n) is 4.00. The number of sulfonamides is 1. The molecule has 0 saturated heterocycles. The van der Waals surface area contributed by atoms with Crippen LogP contribution in [0.15, 0.2) is 89.8 Å². The average molecular weight is 547 g/mol. The van der Waals surface area contributed by atoms with E-state index >= 15 is 0 Å². The second-order valence-electron chi connectivity index (χ2n) is 9.34. The first-order valence-corrected chi connectivity index (χ1v) is 13.8. The lowest BCUT2D eigenvalue weighted by atomic mass is 10.1. The summed E-state index contributed by atoms with van der Waals surface area (Å²) < 4.78 is 34.5. The lowest BCUT2D eigenvalue weighted by Gasteiger charge is -2.19. The monoisotopic (exact) mass is 546 g/mol. The van der Waals surface area contributed by atoms with Gasteiger partial charge in [0, 0.05) is 11.4 Å². The summed E-state index contributed by atoms with van der Waals surface area (Å²) in [6, 6.07) is 23.9. The summed E-state index contributed by atoms with van der Waals surface area (Å²) in [6.45, 7) is 5.36. The van der Waals surface area contributed by atoms with Crippen LogP contribution in [0.1, 0.15) is 30.0 Å². The van der Waals surface area contributed by atoms with Crippen molar-refractivity contribution in [3.05, 3.63) is 96.3 Å². The molecule has 0 saturated carbocycles. The molecule has 3 aromatic carbocycles. The predicted molar refractivity (Wildman–Crippen MR) is 149 cm³/mol. The molecule has 1 atom stereocenters. The highest BCUT2D eigenvalue weighted by Crippen LogP contribution is 2.24. The predicted octanol–water partition coefficient (Wildman–Crippen LogP) is 4.58. The second kappa shape index (κ2) is 11.6. The van der Waals surface area contributed by atoms with Crippen LogP contribution in [0.2, 0.25) is 0 Å². The van der Waals surface area contributed by atoms with Crippen LogP contribution in [-0.4, -0.2) is 43.2 Å². The number of methoxy groups -OCH3 is 1. The molecule has 1 heterocycles. The summed E-state index contributed by atoms with van der Waals surface area (Å²) in [6.07, 6.45) is 0. The van der Waals surface area contributed by atoms with Crippen LogP contribution in [-0.2, 0) is 19.6 Å². The zero-order valence-electron chi connectivity index (χ0n) is 22.1. The Morgan fingerprint density at radius 2 is 1.49 bits per heavy atom. The number of para-hydroxylation sites is 1. The minimum absolute atomic E-state index is 0.0370. The first-order chi connectivity index (χ1) is 18.6. The van der Waals surface area contributed by atoms with E-state index in [4.69, 9.17) is 4.74 Å². The number of hydrogen-bond donors (Lipinski definition) is 2. The van der Waals surface area contributed by atoms with Crippen LogP contribution in [0.4, 0.5) is 5.69 Å². The van der Waals surface area contributed by atoms with Crippen molar-refractivity contribution in [2.75, 3.05) is 12.4 Å². The standard InChI is InChI=1S/C29H30N4O5S/c1-19(2)27(29(35)38-4)32-39(36,37)25-16-12-22(13-17-25)21-10-14-23(15-11-21)30-28(34)26-18-20(3)33(31-26)24-8-6-5-7-9-24/h5-19,27,32H,1-4H3,(H,30,34)/t27-/m0/s1. The topological polar surface area (TPSA) is 119 Å². The van der Waals surface area contributed by atoms with E-state index in [2.05, 4.69) is 15.1 Å². The quantitative estimate of drug-likeness (QED) is 0.297. The minimum atomic E-state index is -3.93. The number of benzene rings is 3. The Morgan fingerprint density at radius 1 is 0.897 bits per heavy atom. The number of carbonyl (C=O) groups is 2. The highest BCUT2D eigenvalue weighted by Gasteiger charge is 2.29. The van der Waals surface area contributed by atoms with Gasteiger partial charge < -0.3 is 10.1 Å².